The van der Waals surface area contributed by atoms with E-state index in [0.29, 0.717) is 25.3 Å². The zero-order chi connectivity index (χ0) is 17.4. The third-order valence-corrected chi connectivity index (χ3v) is 4.70. The molecule has 0 bridgehead atoms. The maximum atomic E-state index is 12.8. The first kappa shape index (κ1) is 15.6. The second-order valence-corrected chi connectivity index (χ2v) is 6.29. The normalized spacial score (nSPS) is 14.2. The summed E-state index contributed by atoms with van der Waals surface area (Å²) < 4.78 is 1.61. The molecular weight excluding hydrogens is 312 g/mol. The lowest BCUT2D eigenvalue weighted by Crippen LogP contribution is -2.30. The van der Waals surface area contributed by atoms with E-state index in [-0.39, 0.29) is 5.91 Å². The van der Waals surface area contributed by atoms with E-state index in [1.807, 2.05) is 17.0 Å². The number of carbonyl (C=O) groups is 1. The summed E-state index contributed by atoms with van der Waals surface area (Å²) in [4.78, 5) is 14.7. The SMILES string of the molecule is Cn1nc(CN)cc1C(=O)N1CC=C(c2cccc3ccccc23)C1. The topological polar surface area (TPSA) is 64.2 Å². The third-order valence-electron chi connectivity index (χ3n) is 4.70. The van der Waals surface area contributed by atoms with E-state index < -0.39 is 0 Å². The van der Waals surface area contributed by atoms with E-state index in [2.05, 4.69) is 41.5 Å². The van der Waals surface area contributed by atoms with Crippen molar-refractivity contribution in [3.63, 3.8) is 0 Å². The first-order chi connectivity index (χ1) is 12.2. The number of aryl methyl sites for hydroxylation is 1. The molecule has 5 nitrogen and oxygen atoms in total. The van der Waals surface area contributed by atoms with Gasteiger partial charge in [-0.15, -0.1) is 0 Å². The van der Waals surface area contributed by atoms with Crippen molar-refractivity contribution < 1.29 is 4.79 Å². The number of fused-ring (bicyclic) bond motifs is 1. The van der Waals surface area contributed by atoms with Crippen LogP contribution in [0, 0.1) is 0 Å². The molecule has 25 heavy (non-hydrogen) atoms. The highest BCUT2D eigenvalue weighted by Gasteiger charge is 2.25. The lowest BCUT2D eigenvalue weighted by molar-refractivity contribution is 0.0790. The van der Waals surface area contributed by atoms with Crippen LogP contribution in [0.15, 0.2) is 54.6 Å². The summed E-state index contributed by atoms with van der Waals surface area (Å²) in [6.07, 6.45) is 2.14. The molecule has 1 aliphatic rings. The number of nitrogens with two attached hydrogens (primary N) is 1. The Morgan fingerprint density at radius 3 is 2.80 bits per heavy atom. The van der Waals surface area contributed by atoms with Crippen molar-refractivity contribution in [1.82, 2.24) is 14.7 Å². The van der Waals surface area contributed by atoms with Crippen molar-refractivity contribution in [2.75, 3.05) is 13.1 Å². The van der Waals surface area contributed by atoms with Crippen molar-refractivity contribution in [3.05, 3.63) is 71.6 Å². The van der Waals surface area contributed by atoms with E-state index in [1.54, 1.807) is 17.8 Å². The Hall–Kier alpha value is -2.92. The van der Waals surface area contributed by atoms with Crippen molar-refractivity contribution in [1.29, 1.82) is 0 Å². The summed E-state index contributed by atoms with van der Waals surface area (Å²) in [7, 11) is 1.78. The van der Waals surface area contributed by atoms with Gasteiger partial charge in [-0.2, -0.15) is 5.10 Å². The maximum Gasteiger partial charge on any atom is 0.272 e. The van der Waals surface area contributed by atoms with Crippen molar-refractivity contribution >= 4 is 22.3 Å². The minimum atomic E-state index is -0.0128. The van der Waals surface area contributed by atoms with Crippen LogP contribution in [0.5, 0.6) is 0 Å². The minimum absolute atomic E-state index is 0.0128. The van der Waals surface area contributed by atoms with Gasteiger partial charge in [0.2, 0.25) is 0 Å². The summed E-state index contributed by atoms with van der Waals surface area (Å²) in [5.41, 5.74) is 9.31. The molecule has 0 saturated carbocycles. The molecule has 0 atom stereocenters. The van der Waals surface area contributed by atoms with Crippen LogP contribution in [0.4, 0.5) is 0 Å². The zero-order valence-corrected chi connectivity index (χ0v) is 14.1. The monoisotopic (exact) mass is 332 g/mol. The van der Waals surface area contributed by atoms with Gasteiger partial charge in [0.1, 0.15) is 5.69 Å². The minimum Gasteiger partial charge on any atom is -0.329 e. The van der Waals surface area contributed by atoms with Crippen LogP contribution in [0.2, 0.25) is 0 Å². The average Bonchev–Trinajstić information content (AvgIpc) is 3.27. The fraction of sp³-hybridized carbons (Fsp3) is 0.200. The molecule has 5 heteroatoms. The molecule has 0 fully saturated rings. The first-order valence-electron chi connectivity index (χ1n) is 8.37. The number of hydrogen-bond donors (Lipinski definition) is 1. The van der Waals surface area contributed by atoms with Crippen molar-refractivity contribution in [3.8, 4) is 0 Å². The molecule has 0 radical (unpaired) electrons. The highest BCUT2D eigenvalue weighted by molar-refractivity contribution is 5.98. The highest BCUT2D eigenvalue weighted by atomic mass is 16.2. The fourth-order valence-electron chi connectivity index (χ4n) is 3.40. The lowest BCUT2D eigenvalue weighted by atomic mass is 9.99. The van der Waals surface area contributed by atoms with Crippen LogP contribution in [-0.4, -0.2) is 33.7 Å². The summed E-state index contributed by atoms with van der Waals surface area (Å²) >= 11 is 0. The Morgan fingerprint density at radius 1 is 1.20 bits per heavy atom. The summed E-state index contributed by atoms with van der Waals surface area (Å²) in [5, 5.41) is 6.70. The van der Waals surface area contributed by atoms with E-state index in [4.69, 9.17) is 5.73 Å². The predicted octanol–water partition coefficient (Wildman–Crippen LogP) is 2.57. The third kappa shape index (κ3) is 2.72. The van der Waals surface area contributed by atoms with Gasteiger partial charge in [0.15, 0.2) is 0 Å². The van der Waals surface area contributed by atoms with Gasteiger partial charge in [-0.25, -0.2) is 0 Å². The number of rotatable bonds is 3. The molecule has 2 N–H and O–H groups in total. The van der Waals surface area contributed by atoms with Crippen molar-refractivity contribution in [2.45, 2.75) is 6.54 Å². The van der Waals surface area contributed by atoms with Crippen LogP contribution in [0.25, 0.3) is 16.3 Å². The number of nitrogens with zero attached hydrogens (tertiary/aromatic N) is 3. The molecule has 0 aliphatic carbocycles. The molecule has 3 aromatic rings. The number of aromatic nitrogens is 2. The van der Waals surface area contributed by atoms with Crippen LogP contribution in [0.3, 0.4) is 0 Å². The Balaban J connectivity index is 1.60. The van der Waals surface area contributed by atoms with Crippen molar-refractivity contribution in [2.24, 2.45) is 12.8 Å². The van der Waals surface area contributed by atoms with Gasteiger partial charge in [0.05, 0.1) is 5.69 Å². The predicted molar refractivity (Wildman–Crippen MR) is 98.9 cm³/mol. The van der Waals surface area contributed by atoms with E-state index >= 15 is 0 Å². The standard InChI is InChI=1S/C20H20N4O/c1-23-19(11-16(12-21)22-23)20(25)24-10-9-15(13-24)18-8-4-6-14-5-2-3-7-17(14)18/h2-9,11H,10,12-13,21H2,1H3. The summed E-state index contributed by atoms with van der Waals surface area (Å²) in [5.74, 6) is -0.0128. The van der Waals surface area contributed by atoms with Crippen LogP contribution >= 0.6 is 0 Å². The van der Waals surface area contributed by atoms with Gasteiger partial charge in [0, 0.05) is 26.7 Å². The molecular formula is C20H20N4O. The molecule has 4 rings (SSSR count). The van der Waals surface area contributed by atoms with Crippen LogP contribution < -0.4 is 5.73 Å². The average molecular weight is 332 g/mol. The highest BCUT2D eigenvalue weighted by Crippen LogP contribution is 2.28. The van der Waals surface area contributed by atoms with E-state index in [9.17, 15) is 4.79 Å². The Labute approximate surface area is 146 Å². The fourth-order valence-corrected chi connectivity index (χ4v) is 3.40. The number of benzene rings is 2. The van der Waals surface area contributed by atoms with E-state index in [1.165, 1.54) is 21.9 Å². The van der Waals surface area contributed by atoms with E-state index in [0.717, 1.165) is 5.69 Å². The number of hydrogen-bond acceptors (Lipinski definition) is 3. The zero-order valence-electron chi connectivity index (χ0n) is 14.1. The molecule has 2 heterocycles. The smallest absolute Gasteiger partial charge is 0.272 e. The Morgan fingerprint density at radius 2 is 2.00 bits per heavy atom. The largest absolute Gasteiger partial charge is 0.329 e. The Kier molecular flexibility index (Phi) is 3.86. The molecule has 0 spiro atoms. The quantitative estimate of drug-likeness (QED) is 0.802. The number of amides is 1. The van der Waals surface area contributed by atoms with Crippen LogP contribution in [0.1, 0.15) is 21.7 Å². The van der Waals surface area contributed by atoms with Gasteiger partial charge in [-0.1, -0.05) is 48.5 Å². The molecule has 1 aliphatic heterocycles. The van der Waals surface area contributed by atoms with Gasteiger partial charge in [-0.05, 0) is 28.0 Å². The molecule has 2 aromatic carbocycles. The first-order valence-corrected chi connectivity index (χ1v) is 8.37. The lowest BCUT2D eigenvalue weighted by Gasteiger charge is -2.17. The Bertz CT molecular complexity index is 981. The summed E-state index contributed by atoms with van der Waals surface area (Å²) in [6.45, 7) is 1.55. The van der Waals surface area contributed by atoms with Gasteiger partial charge < -0.3 is 10.6 Å². The van der Waals surface area contributed by atoms with Crippen LogP contribution in [-0.2, 0) is 13.6 Å². The second kappa shape index (κ2) is 6.18. The molecule has 1 aromatic heterocycles. The molecule has 0 saturated heterocycles. The maximum absolute atomic E-state index is 12.8. The van der Waals surface area contributed by atoms with Gasteiger partial charge in [-0.3, -0.25) is 9.48 Å². The van der Waals surface area contributed by atoms with Gasteiger partial charge in [0.25, 0.3) is 5.91 Å². The number of carbonyl (C=O) groups excluding carboxylic acids is 1. The molecule has 126 valence electrons. The second-order valence-electron chi connectivity index (χ2n) is 6.29. The summed E-state index contributed by atoms with van der Waals surface area (Å²) in [6, 6.07) is 16.4. The molecule has 0 unspecified atom stereocenters. The van der Waals surface area contributed by atoms with Gasteiger partial charge >= 0.3 is 0 Å². The molecule has 1 amide bonds.